The average Bonchev–Trinajstić information content (AvgIpc) is 2.18. The fraction of sp³-hybridized carbons (Fsp3) is 0.125. The van der Waals surface area contributed by atoms with Gasteiger partial charge in [-0.25, -0.2) is 8.42 Å². The van der Waals surface area contributed by atoms with E-state index in [2.05, 4.69) is 15.9 Å². The molecule has 13 heavy (non-hydrogen) atoms. The minimum absolute atomic E-state index is 0.0781. The Kier molecular flexibility index (Phi) is 3.07. The van der Waals surface area contributed by atoms with Crippen LogP contribution in [0.25, 0.3) is 0 Å². The maximum Gasteiger partial charge on any atom is 0.189 e. The molecule has 0 aliphatic rings. The van der Waals surface area contributed by atoms with Crippen molar-refractivity contribution in [3.63, 3.8) is 0 Å². The van der Waals surface area contributed by atoms with Crippen LogP contribution < -0.4 is 0 Å². The number of sulfone groups is 1. The van der Waals surface area contributed by atoms with Crippen molar-refractivity contribution in [3.05, 3.63) is 29.8 Å². The minimum Gasteiger partial charge on any atom is -0.223 e. The van der Waals surface area contributed by atoms with E-state index in [0.29, 0.717) is 0 Å². The fourth-order valence-corrected chi connectivity index (χ4v) is 2.48. The van der Waals surface area contributed by atoms with Crippen LogP contribution in [0.4, 0.5) is 0 Å². The predicted molar refractivity (Wildman–Crippen MR) is 52.1 cm³/mol. The van der Waals surface area contributed by atoms with Crippen LogP contribution in [0.3, 0.4) is 0 Å². The van der Waals surface area contributed by atoms with Crippen LogP contribution in [0.15, 0.2) is 29.2 Å². The summed E-state index contributed by atoms with van der Waals surface area (Å²) < 4.78 is 22.6. The van der Waals surface area contributed by atoms with Crippen LogP contribution in [0, 0.1) is 11.3 Å². The third-order valence-corrected chi connectivity index (χ3v) is 4.61. The lowest BCUT2D eigenvalue weighted by atomic mass is 10.2. The lowest BCUT2D eigenvalue weighted by Gasteiger charge is -2.01. The summed E-state index contributed by atoms with van der Waals surface area (Å²) in [7, 11) is -3.35. The highest BCUT2D eigenvalue weighted by Gasteiger charge is 2.15. The average molecular weight is 260 g/mol. The summed E-state index contributed by atoms with van der Waals surface area (Å²) in [6.45, 7) is 0. The second-order valence-corrected chi connectivity index (χ2v) is 5.59. The number of nitriles is 1. The van der Waals surface area contributed by atoms with Gasteiger partial charge in [0, 0.05) is 0 Å². The van der Waals surface area contributed by atoms with Gasteiger partial charge in [0.05, 0.1) is 10.5 Å². The summed E-state index contributed by atoms with van der Waals surface area (Å²) >= 11 is 2.87. The second kappa shape index (κ2) is 3.90. The number of benzene rings is 1. The molecule has 5 heteroatoms. The van der Waals surface area contributed by atoms with Gasteiger partial charge in [-0.1, -0.05) is 28.1 Å². The van der Waals surface area contributed by atoms with E-state index in [0.717, 1.165) is 0 Å². The van der Waals surface area contributed by atoms with Crippen molar-refractivity contribution in [3.8, 4) is 6.07 Å². The Hall–Kier alpha value is -0.860. The molecule has 0 amide bonds. The Morgan fingerprint density at radius 1 is 1.38 bits per heavy atom. The predicted octanol–water partition coefficient (Wildman–Crippen LogP) is 1.68. The monoisotopic (exact) mass is 259 g/mol. The van der Waals surface area contributed by atoms with Gasteiger partial charge < -0.3 is 0 Å². The van der Waals surface area contributed by atoms with Crippen molar-refractivity contribution in [2.45, 2.75) is 4.90 Å². The highest BCUT2D eigenvalue weighted by atomic mass is 79.9. The van der Waals surface area contributed by atoms with Crippen LogP contribution in [-0.2, 0) is 9.84 Å². The van der Waals surface area contributed by atoms with E-state index in [9.17, 15) is 8.42 Å². The zero-order valence-electron chi connectivity index (χ0n) is 6.57. The van der Waals surface area contributed by atoms with Gasteiger partial charge >= 0.3 is 0 Å². The van der Waals surface area contributed by atoms with E-state index >= 15 is 0 Å². The molecule has 68 valence electrons. The molecule has 0 heterocycles. The molecule has 0 atom stereocenters. The molecule has 1 rings (SSSR count). The van der Waals surface area contributed by atoms with Gasteiger partial charge in [-0.15, -0.1) is 0 Å². The fourth-order valence-electron chi connectivity index (χ4n) is 0.889. The number of nitrogens with zero attached hydrogens (tertiary/aromatic N) is 1. The van der Waals surface area contributed by atoms with Gasteiger partial charge in [-0.2, -0.15) is 5.26 Å². The molecule has 0 saturated heterocycles. The molecule has 0 bridgehead atoms. The van der Waals surface area contributed by atoms with E-state index in [-0.39, 0.29) is 15.1 Å². The summed E-state index contributed by atoms with van der Waals surface area (Å²) in [5.74, 6) is 0. The molecular weight excluding hydrogens is 254 g/mol. The number of alkyl halides is 1. The summed E-state index contributed by atoms with van der Waals surface area (Å²) in [5.41, 5.74) is 0.182. The third kappa shape index (κ3) is 2.08. The first-order valence-electron chi connectivity index (χ1n) is 3.39. The van der Waals surface area contributed by atoms with Gasteiger partial charge in [0.1, 0.15) is 10.7 Å². The first kappa shape index (κ1) is 10.2. The van der Waals surface area contributed by atoms with Crippen LogP contribution in [0.5, 0.6) is 0 Å². The Bertz CT molecular complexity index is 447. The van der Waals surface area contributed by atoms with Crippen LogP contribution >= 0.6 is 15.9 Å². The van der Waals surface area contributed by atoms with Crippen molar-refractivity contribution in [2.75, 3.05) is 4.66 Å². The van der Waals surface area contributed by atoms with Crippen LogP contribution in [0.2, 0.25) is 0 Å². The van der Waals surface area contributed by atoms with Crippen LogP contribution in [0.1, 0.15) is 5.56 Å². The van der Waals surface area contributed by atoms with E-state index in [1.165, 1.54) is 12.1 Å². The second-order valence-electron chi connectivity index (χ2n) is 2.33. The lowest BCUT2D eigenvalue weighted by Crippen LogP contribution is -2.03. The Balaban J connectivity index is 3.40. The van der Waals surface area contributed by atoms with Gasteiger partial charge in [0.15, 0.2) is 9.84 Å². The van der Waals surface area contributed by atoms with Gasteiger partial charge in [-0.3, -0.25) is 0 Å². The maximum atomic E-state index is 11.4. The highest BCUT2D eigenvalue weighted by Crippen LogP contribution is 2.17. The molecule has 0 unspecified atom stereocenters. The van der Waals surface area contributed by atoms with Crippen molar-refractivity contribution in [2.24, 2.45) is 0 Å². The number of halogens is 1. The zero-order valence-corrected chi connectivity index (χ0v) is 8.97. The van der Waals surface area contributed by atoms with E-state index in [1.54, 1.807) is 12.1 Å². The van der Waals surface area contributed by atoms with E-state index in [4.69, 9.17) is 5.26 Å². The van der Waals surface area contributed by atoms with Crippen molar-refractivity contribution in [1.82, 2.24) is 0 Å². The summed E-state index contributed by atoms with van der Waals surface area (Å²) in [6.07, 6.45) is 0. The smallest absolute Gasteiger partial charge is 0.189 e. The normalized spacial score (nSPS) is 10.8. The Morgan fingerprint density at radius 3 is 2.54 bits per heavy atom. The van der Waals surface area contributed by atoms with Crippen molar-refractivity contribution < 1.29 is 8.42 Å². The van der Waals surface area contributed by atoms with Crippen molar-refractivity contribution in [1.29, 1.82) is 5.26 Å². The molecule has 0 radical (unpaired) electrons. The molecule has 0 spiro atoms. The Morgan fingerprint density at radius 2 is 2.00 bits per heavy atom. The Labute approximate surface area is 85.0 Å². The molecular formula is C8H6BrNO2S. The first-order valence-corrected chi connectivity index (χ1v) is 6.17. The quantitative estimate of drug-likeness (QED) is 0.760. The number of hydrogen-bond acceptors (Lipinski definition) is 3. The molecule has 3 nitrogen and oxygen atoms in total. The summed E-state index contributed by atoms with van der Waals surface area (Å²) in [4.78, 5) is 0.0781. The summed E-state index contributed by atoms with van der Waals surface area (Å²) in [5, 5.41) is 8.65. The SMILES string of the molecule is N#Cc1ccccc1S(=O)(=O)CBr. The van der Waals surface area contributed by atoms with Gasteiger partial charge in [0.25, 0.3) is 0 Å². The topological polar surface area (TPSA) is 57.9 Å². The highest BCUT2D eigenvalue weighted by molar-refractivity contribution is 9.10. The van der Waals surface area contributed by atoms with E-state index in [1.807, 2.05) is 6.07 Å². The maximum absolute atomic E-state index is 11.4. The third-order valence-electron chi connectivity index (χ3n) is 1.49. The molecule has 0 aliphatic carbocycles. The van der Waals surface area contributed by atoms with Gasteiger partial charge in [-0.05, 0) is 12.1 Å². The summed E-state index contributed by atoms with van der Waals surface area (Å²) in [6, 6.07) is 7.97. The zero-order chi connectivity index (χ0) is 9.90. The lowest BCUT2D eigenvalue weighted by molar-refractivity contribution is 0.601. The molecule has 0 N–H and O–H groups in total. The molecule has 0 saturated carbocycles. The minimum atomic E-state index is -3.35. The molecule has 0 aromatic heterocycles. The van der Waals surface area contributed by atoms with Crippen LogP contribution in [-0.4, -0.2) is 13.1 Å². The molecule has 1 aromatic rings. The number of rotatable bonds is 2. The van der Waals surface area contributed by atoms with Gasteiger partial charge in [0.2, 0.25) is 0 Å². The first-order chi connectivity index (χ1) is 6.11. The largest absolute Gasteiger partial charge is 0.223 e. The standard InChI is InChI=1S/C8H6BrNO2S/c9-6-13(11,12)8-4-2-1-3-7(8)5-10/h1-4H,6H2. The molecule has 0 aliphatic heterocycles. The molecule has 1 aromatic carbocycles. The van der Waals surface area contributed by atoms with E-state index < -0.39 is 9.84 Å². The number of hydrogen-bond donors (Lipinski definition) is 0. The molecule has 0 fully saturated rings. The van der Waals surface area contributed by atoms with Crippen molar-refractivity contribution >= 4 is 25.8 Å².